The topological polar surface area (TPSA) is 62.2 Å². The average molecular weight is 309 g/mol. The summed E-state index contributed by atoms with van der Waals surface area (Å²) in [5.74, 6) is 0.887. The van der Waals surface area contributed by atoms with Gasteiger partial charge in [-0.25, -0.2) is 9.97 Å². The Morgan fingerprint density at radius 1 is 1.22 bits per heavy atom. The molecule has 2 aromatic rings. The van der Waals surface area contributed by atoms with Crippen molar-refractivity contribution < 1.29 is 4.79 Å². The molecule has 6 heteroatoms. The fourth-order valence-electron chi connectivity index (χ4n) is 3.61. The molecule has 0 N–H and O–H groups in total. The SMILES string of the molecule is CCc1cnc(N2CC[C@@H]3[C@@H]2CC(=O)N3c2cccnc2)nc1. The summed E-state index contributed by atoms with van der Waals surface area (Å²) in [6.45, 7) is 2.97. The maximum atomic E-state index is 12.5. The van der Waals surface area contributed by atoms with E-state index in [2.05, 4.69) is 26.8 Å². The van der Waals surface area contributed by atoms with Gasteiger partial charge in [0.15, 0.2) is 0 Å². The number of pyridine rings is 1. The number of hydrogen-bond acceptors (Lipinski definition) is 5. The van der Waals surface area contributed by atoms with Crippen LogP contribution in [0.1, 0.15) is 25.3 Å². The second kappa shape index (κ2) is 5.61. The molecular formula is C17H19N5O. The minimum atomic E-state index is 0.148. The Labute approximate surface area is 135 Å². The molecule has 0 aliphatic carbocycles. The van der Waals surface area contributed by atoms with Crippen LogP contribution in [0.25, 0.3) is 0 Å². The molecule has 2 fully saturated rings. The Morgan fingerprint density at radius 2 is 2.04 bits per heavy atom. The van der Waals surface area contributed by atoms with Crippen LogP contribution in [0.15, 0.2) is 36.9 Å². The van der Waals surface area contributed by atoms with E-state index in [4.69, 9.17) is 0 Å². The van der Waals surface area contributed by atoms with Crippen molar-refractivity contribution in [1.29, 1.82) is 0 Å². The van der Waals surface area contributed by atoms with Crippen LogP contribution in [0.2, 0.25) is 0 Å². The van der Waals surface area contributed by atoms with Crippen LogP contribution in [0.4, 0.5) is 11.6 Å². The smallest absolute Gasteiger partial charge is 0.229 e. The summed E-state index contributed by atoms with van der Waals surface area (Å²) in [6, 6.07) is 4.15. The van der Waals surface area contributed by atoms with Gasteiger partial charge in [0.2, 0.25) is 11.9 Å². The molecular weight excluding hydrogens is 290 g/mol. The number of hydrogen-bond donors (Lipinski definition) is 0. The van der Waals surface area contributed by atoms with Crippen molar-refractivity contribution in [2.45, 2.75) is 38.3 Å². The standard InChI is InChI=1S/C17H19N5O/c1-2-12-9-19-17(20-10-12)21-7-5-14-15(21)8-16(23)22(14)13-4-3-6-18-11-13/h3-4,6,9-11,14-15H,2,5,7-8H2,1H3/t14-,15+/m1/s1. The maximum absolute atomic E-state index is 12.5. The van der Waals surface area contributed by atoms with E-state index in [1.54, 1.807) is 12.4 Å². The zero-order valence-electron chi connectivity index (χ0n) is 13.1. The molecule has 0 bridgehead atoms. The number of carbonyl (C=O) groups excluding carboxylic acids is 1. The largest absolute Gasteiger partial charge is 0.335 e. The maximum Gasteiger partial charge on any atom is 0.229 e. The van der Waals surface area contributed by atoms with Gasteiger partial charge in [0.25, 0.3) is 0 Å². The first-order valence-electron chi connectivity index (χ1n) is 8.07. The third-order valence-corrected chi connectivity index (χ3v) is 4.78. The van der Waals surface area contributed by atoms with Gasteiger partial charge < -0.3 is 9.80 Å². The van der Waals surface area contributed by atoms with Gasteiger partial charge in [-0.3, -0.25) is 9.78 Å². The van der Waals surface area contributed by atoms with Gasteiger partial charge in [0.1, 0.15) is 0 Å². The van der Waals surface area contributed by atoms with E-state index in [-0.39, 0.29) is 18.0 Å². The van der Waals surface area contributed by atoms with E-state index in [1.165, 1.54) is 0 Å². The van der Waals surface area contributed by atoms with Gasteiger partial charge in [0, 0.05) is 31.6 Å². The Hall–Kier alpha value is -2.50. The first-order valence-corrected chi connectivity index (χ1v) is 8.07. The molecule has 2 aromatic heterocycles. The molecule has 0 unspecified atom stereocenters. The summed E-state index contributed by atoms with van der Waals surface area (Å²) < 4.78 is 0. The van der Waals surface area contributed by atoms with Gasteiger partial charge in [-0.15, -0.1) is 0 Å². The summed E-state index contributed by atoms with van der Waals surface area (Å²) in [7, 11) is 0. The zero-order valence-corrected chi connectivity index (χ0v) is 13.1. The molecule has 23 heavy (non-hydrogen) atoms. The summed E-state index contributed by atoms with van der Waals surface area (Å²) in [5.41, 5.74) is 2.01. The van der Waals surface area contributed by atoms with Gasteiger partial charge in [-0.2, -0.15) is 0 Å². The fraction of sp³-hybridized carbons (Fsp3) is 0.412. The van der Waals surface area contributed by atoms with E-state index in [9.17, 15) is 4.79 Å². The number of nitrogens with zero attached hydrogens (tertiary/aromatic N) is 5. The van der Waals surface area contributed by atoms with E-state index < -0.39 is 0 Å². The average Bonchev–Trinajstić information content (AvgIpc) is 3.13. The highest BCUT2D eigenvalue weighted by molar-refractivity contribution is 5.97. The van der Waals surface area contributed by atoms with Crippen LogP contribution in [0, 0.1) is 0 Å². The second-order valence-electron chi connectivity index (χ2n) is 6.04. The number of fused-ring (bicyclic) bond motifs is 1. The molecule has 118 valence electrons. The molecule has 2 aliphatic rings. The van der Waals surface area contributed by atoms with Gasteiger partial charge in [0.05, 0.1) is 24.0 Å². The second-order valence-corrected chi connectivity index (χ2v) is 6.04. The summed E-state index contributed by atoms with van der Waals surface area (Å²) >= 11 is 0. The predicted molar refractivity (Wildman–Crippen MR) is 87.3 cm³/mol. The monoisotopic (exact) mass is 309 g/mol. The molecule has 2 saturated heterocycles. The van der Waals surface area contributed by atoms with Crippen LogP contribution < -0.4 is 9.80 Å². The fourth-order valence-corrected chi connectivity index (χ4v) is 3.61. The Balaban J connectivity index is 1.60. The van der Waals surface area contributed by atoms with Crippen molar-refractivity contribution in [2.24, 2.45) is 0 Å². The van der Waals surface area contributed by atoms with Crippen molar-refractivity contribution in [3.05, 3.63) is 42.5 Å². The van der Waals surface area contributed by atoms with Crippen LogP contribution in [-0.4, -0.2) is 39.5 Å². The minimum Gasteiger partial charge on any atom is -0.335 e. The van der Waals surface area contributed by atoms with Crippen molar-refractivity contribution in [3.63, 3.8) is 0 Å². The van der Waals surface area contributed by atoms with Crippen LogP contribution >= 0.6 is 0 Å². The normalized spacial score (nSPS) is 23.4. The lowest BCUT2D eigenvalue weighted by atomic mass is 10.1. The van der Waals surface area contributed by atoms with Crippen molar-refractivity contribution in [2.75, 3.05) is 16.3 Å². The molecule has 2 atom stereocenters. The molecule has 0 spiro atoms. The van der Waals surface area contributed by atoms with E-state index in [1.807, 2.05) is 29.4 Å². The van der Waals surface area contributed by atoms with Gasteiger partial charge in [-0.1, -0.05) is 6.92 Å². The first-order chi connectivity index (χ1) is 11.3. The molecule has 4 rings (SSSR count). The summed E-state index contributed by atoms with van der Waals surface area (Å²) in [6.07, 6.45) is 9.62. The molecule has 1 amide bonds. The van der Waals surface area contributed by atoms with Crippen LogP contribution in [-0.2, 0) is 11.2 Å². The van der Waals surface area contributed by atoms with Gasteiger partial charge in [-0.05, 0) is 30.5 Å². The molecule has 0 radical (unpaired) electrons. The first kappa shape index (κ1) is 14.1. The van der Waals surface area contributed by atoms with E-state index >= 15 is 0 Å². The molecule has 6 nitrogen and oxygen atoms in total. The highest BCUT2D eigenvalue weighted by Gasteiger charge is 2.48. The minimum absolute atomic E-state index is 0.148. The van der Waals surface area contributed by atoms with E-state index in [0.717, 1.165) is 36.6 Å². The van der Waals surface area contributed by atoms with Crippen LogP contribution in [0.5, 0.6) is 0 Å². The summed E-state index contributed by atoms with van der Waals surface area (Å²) in [5, 5.41) is 0. The molecule has 0 saturated carbocycles. The summed E-state index contributed by atoms with van der Waals surface area (Å²) in [4.78, 5) is 29.7. The lowest BCUT2D eigenvalue weighted by Gasteiger charge is -2.25. The Morgan fingerprint density at radius 3 is 2.74 bits per heavy atom. The Bertz CT molecular complexity index is 703. The number of amides is 1. The molecule has 2 aliphatic heterocycles. The van der Waals surface area contributed by atoms with Gasteiger partial charge >= 0.3 is 0 Å². The quantitative estimate of drug-likeness (QED) is 0.865. The number of rotatable bonds is 3. The predicted octanol–water partition coefficient (Wildman–Crippen LogP) is 1.82. The highest BCUT2D eigenvalue weighted by Crippen LogP contribution is 2.36. The highest BCUT2D eigenvalue weighted by atomic mass is 16.2. The number of anilines is 2. The van der Waals surface area contributed by atoms with Crippen LogP contribution in [0.3, 0.4) is 0 Å². The number of aryl methyl sites for hydroxylation is 1. The zero-order chi connectivity index (χ0) is 15.8. The molecule has 4 heterocycles. The lowest BCUT2D eigenvalue weighted by Crippen LogP contribution is -2.38. The third-order valence-electron chi connectivity index (χ3n) is 4.78. The lowest BCUT2D eigenvalue weighted by molar-refractivity contribution is -0.117. The molecule has 0 aromatic carbocycles. The number of carbonyl (C=O) groups is 1. The van der Waals surface area contributed by atoms with Crippen molar-refractivity contribution >= 4 is 17.5 Å². The Kier molecular flexibility index (Phi) is 3.44. The van der Waals surface area contributed by atoms with Crippen molar-refractivity contribution in [1.82, 2.24) is 15.0 Å². The van der Waals surface area contributed by atoms with Crippen molar-refractivity contribution in [3.8, 4) is 0 Å². The third kappa shape index (κ3) is 2.34. The van der Waals surface area contributed by atoms with E-state index in [0.29, 0.717) is 6.42 Å². The number of aromatic nitrogens is 3.